The summed E-state index contributed by atoms with van der Waals surface area (Å²) in [7, 11) is 0. The van der Waals surface area contributed by atoms with Crippen LogP contribution in [0.15, 0.2) is 42.5 Å². The number of alkyl halides is 3. The highest BCUT2D eigenvalue weighted by molar-refractivity contribution is 5.94. The molecule has 0 aliphatic heterocycles. The van der Waals surface area contributed by atoms with E-state index in [0.29, 0.717) is 6.07 Å². The number of amides is 2. The molecule has 2 aromatic rings. The zero-order valence-corrected chi connectivity index (χ0v) is 15.6. The summed E-state index contributed by atoms with van der Waals surface area (Å²) in [5.74, 6) is 2.24. The Labute approximate surface area is 169 Å². The van der Waals surface area contributed by atoms with Gasteiger partial charge in [-0.15, -0.1) is 0 Å². The van der Waals surface area contributed by atoms with Crippen molar-refractivity contribution in [2.24, 2.45) is 0 Å². The molecule has 158 valence electrons. The number of nitrogens with one attached hydrogen (secondary N) is 2. The molecular formula is C21H17F5N2O2. The number of benzene rings is 2. The Bertz CT molecular complexity index is 977. The largest absolute Gasteiger partial charge is 0.416 e. The molecule has 30 heavy (non-hydrogen) atoms. The molecule has 2 aromatic carbocycles. The van der Waals surface area contributed by atoms with E-state index in [-0.39, 0.29) is 43.0 Å². The predicted octanol–water partition coefficient (Wildman–Crippen LogP) is 3.66. The average Bonchev–Trinajstić information content (AvgIpc) is 2.68. The number of carbonyl (C=O) groups excluding carboxylic acids is 2. The minimum absolute atomic E-state index is 0.0530. The van der Waals surface area contributed by atoms with Crippen LogP contribution in [-0.2, 0) is 11.0 Å². The summed E-state index contributed by atoms with van der Waals surface area (Å²) in [4.78, 5) is 23.5. The van der Waals surface area contributed by atoms with Crippen molar-refractivity contribution < 1.29 is 31.5 Å². The zero-order chi connectivity index (χ0) is 22.1. The fraction of sp³-hybridized carbons (Fsp3) is 0.238. The molecule has 0 aliphatic rings. The molecule has 0 spiro atoms. The highest BCUT2D eigenvalue weighted by atomic mass is 19.4. The minimum Gasteiger partial charge on any atom is -0.352 e. The third kappa shape index (κ3) is 7.20. The second-order valence-electron chi connectivity index (χ2n) is 6.14. The summed E-state index contributed by atoms with van der Waals surface area (Å²) in [5.41, 5.74) is -0.929. The Balaban J connectivity index is 1.70. The monoisotopic (exact) mass is 424 g/mol. The molecule has 0 bridgehead atoms. The van der Waals surface area contributed by atoms with Crippen molar-refractivity contribution in [1.82, 2.24) is 10.6 Å². The van der Waals surface area contributed by atoms with E-state index >= 15 is 0 Å². The van der Waals surface area contributed by atoms with E-state index in [1.165, 1.54) is 12.1 Å². The Morgan fingerprint density at radius 2 is 1.77 bits per heavy atom. The lowest BCUT2D eigenvalue weighted by molar-refractivity contribution is -0.137. The van der Waals surface area contributed by atoms with E-state index in [2.05, 4.69) is 22.5 Å². The summed E-state index contributed by atoms with van der Waals surface area (Å²) >= 11 is 0. The van der Waals surface area contributed by atoms with Crippen molar-refractivity contribution in [1.29, 1.82) is 0 Å². The van der Waals surface area contributed by atoms with Gasteiger partial charge >= 0.3 is 6.18 Å². The van der Waals surface area contributed by atoms with Gasteiger partial charge in [0, 0.05) is 24.6 Å². The first kappa shape index (κ1) is 22.9. The molecule has 0 heterocycles. The molecule has 0 unspecified atom stereocenters. The van der Waals surface area contributed by atoms with Gasteiger partial charge in [-0.25, -0.2) is 8.78 Å². The van der Waals surface area contributed by atoms with E-state index in [4.69, 9.17) is 0 Å². The Kier molecular flexibility index (Phi) is 7.92. The van der Waals surface area contributed by atoms with Crippen LogP contribution in [0.2, 0.25) is 0 Å². The summed E-state index contributed by atoms with van der Waals surface area (Å²) < 4.78 is 64.2. The highest BCUT2D eigenvalue weighted by Crippen LogP contribution is 2.29. The molecule has 0 aliphatic carbocycles. The van der Waals surface area contributed by atoms with Gasteiger partial charge in [0.15, 0.2) is 0 Å². The first-order chi connectivity index (χ1) is 14.2. The van der Waals surface area contributed by atoms with Crippen molar-refractivity contribution >= 4 is 11.8 Å². The van der Waals surface area contributed by atoms with Crippen LogP contribution in [0, 0.1) is 23.5 Å². The van der Waals surface area contributed by atoms with Crippen molar-refractivity contribution in [2.75, 3.05) is 13.1 Å². The zero-order valence-electron chi connectivity index (χ0n) is 15.6. The van der Waals surface area contributed by atoms with Gasteiger partial charge in [0.05, 0.1) is 17.7 Å². The molecule has 0 fully saturated rings. The number of hydrogen-bond acceptors (Lipinski definition) is 2. The number of carbonyl (C=O) groups is 2. The third-order valence-corrected chi connectivity index (χ3v) is 3.84. The van der Waals surface area contributed by atoms with Gasteiger partial charge in [0.1, 0.15) is 11.6 Å². The molecule has 0 saturated carbocycles. The third-order valence-electron chi connectivity index (χ3n) is 3.84. The Morgan fingerprint density at radius 1 is 1.00 bits per heavy atom. The molecule has 4 nitrogen and oxygen atoms in total. The predicted molar refractivity (Wildman–Crippen MR) is 99.3 cm³/mol. The fourth-order valence-electron chi connectivity index (χ4n) is 2.37. The molecule has 0 radical (unpaired) electrons. The lowest BCUT2D eigenvalue weighted by Crippen LogP contribution is -2.28. The van der Waals surface area contributed by atoms with Gasteiger partial charge < -0.3 is 10.6 Å². The van der Waals surface area contributed by atoms with E-state index in [9.17, 15) is 31.5 Å². The van der Waals surface area contributed by atoms with Crippen LogP contribution in [0.25, 0.3) is 0 Å². The Morgan fingerprint density at radius 3 is 2.47 bits per heavy atom. The minimum atomic E-state index is -4.45. The molecule has 2 rings (SSSR count). The van der Waals surface area contributed by atoms with Gasteiger partial charge in [-0.3, -0.25) is 9.59 Å². The van der Waals surface area contributed by atoms with E-state index in [1.54, 1.807) is 0 Å². The second kappa shape index (κ2) is 10.4. The topological polar surface area (TPSA) is 58.2 Å². The summed E-state index contributed by atoms with van der Waals surface area (Å²) in [6.45, 7) is 0.0429. The van der Waals surface area contributed by atoms with Crippen LogP contribution in [0.4, 0.5) is 22.0 Å². The SMILES string of the molecule is O=C(CCCNC(=O)c1ccc(F)cc1F)NCC#Cc1cccc(C(F)(F)F)c1. The van der Waals surface area contributed by atoms with E-state index < -0.39 is 29.3 Å². The number of hydrogen-bond donors (Lipinski definition) is 2. The van der Waals surface area contributed by atoms with Gasteiger partial charge in [-0.2, -0.15) is 13.2 Å². The number of halogens is 5. The number of rotatable bonds is 6. The lowest BCUT2D eigenvalue weighted by Gasteiger charge is -2.06. The van der Waals surface area contributed by atoms with E-state index in [0.717, 1.165) is 24.3 Å². The van der Waals surface area contributed by atoms with Crippen LogP contribution in [0.1, 0.15) is 34.3 Å². The summed E-state index contributed by atoms with van der Waals surface area (Å²) in [6, 6.07) is 7.12. The maximum absolute atomic E-state index is 13.5. The van der Waals surface area contributed by atoms with E-state index in [1.807, 2.05) is 0 Å². The van der Waals surface area contributed by atoms with Gasteiger partial charge in [-0.1, -0.05) is 17.9 Å². The smallest absolute Gasteiger partial charge is 0.352 e. The molecule has 0 aromatic heterocycles. The quantitative estimate of drug-likeness (QED) is 0.423. The Hall–Kier alpha value is -3.41. The first-order valence-corrected chi connectivity index (χ1v) is 8.83. The summed E-state index contributed by atoms with van der Waals surface area (Å²) in [5, 5.41) is 4.90. The van der Waals surface area contributed by atoms with Crippen LogP contribution >= 0.6 is 0 Å². The van der Waals surface area contributed by atoms with Crippen LogP contribution in [0.3, 0.4) is 0 Å². The maximum Gasteiger partial charge on any atom is 0.416 e. The van der Waals surface area contributed by atoms with Crippen molar-refractivity contribution in [3.8, 4) is 11.8 Å². The average molecular weight is 424 g/mol. The maximum atomic E-state index is 13.5. The second-order valence-corrected chi connectivity index (χ2v) is 6.14. The van der Waals surface area contributed by atoms with Crippen molar-refractivity contribution in [3.63, 3.8) is 0 Å². The van der Waals surface area contributed by atoms with Crippen LogP contribution in [-0.4, -0.2) is 24.9 Å². The normalized spacial score (nSPS) is 10.7. The van der Waals surface area contributed by atoms with Crippen LogP contribution in [0.5, 0.6) is 0 Å². The molecule has 0 saturated heterocycles. The fourth-order valence-corrected chi connectivity index (χ4v) is 2.37. The molecule has 2 amide bonds. The van der Waals surface area contributed by atoms with Crippen molar-refractivity contribution in [2.45, 2.75) is 19.0 Å². The molecule has 9 heteroatoms. The standard InChI is InChI=1S/C21H17F5N2O2/c22-16-8-9-17(18(23)13-16)20(30)28-11-3-7-19(29)27-10-2-5-14-4-1-6-15(12-14)21(24,25)26/h1,4,6,8-9,12-13H,3,7,10-11H2,(H,27,29)(H,28,30). The lowest BCUT2D eigenvalue weighted by atomic mass is 10.1. The van der Waals surface area contributed by atoms with Gasteiger partial charge in [0.25, 0.3) is 5.91 Å². The molecular weight excluding hydrogens is 407 g/mol. The summed E-state index contributed by atoms with van der Waals surface area (Å²) in [6.07, 6.45) is -4.14. The van der Waals surface area contributed by atoms with Gasteiger partial charge in [0.2, 0.25) is 5.91 Å². The molecule has 2 N–H and O–H groups in total. The van der Waals surface area contributed by atoms with Crippen molar-refractivity contribution in [3.05, 3.63) is 70.8 Å². The highest BCUT2D eigenvalue weighted by Gasteiger charge is 2.30. The van der Waals surface area contributed by atoms with Crippen LogP contribution < -0.4 is 10.6 Å². The first-order valence-electron chi connectivity index (χ1n) is 8.83. The van der Waals surface area contributed by atoms with Gasteiger partial charge in [-0.05, 0) is 36.8 Å². The molecule has 0 atom stereocenters.